The van der Waals surface area contributed by atoms with E-state index in [1.807, 2.05) is 0 Å². The van der Waals surface area contributed by atoms with Gasteiger partial charge in [0.2, 0.25) is 11.9 Å². The molecule has 1 amide bonds. The molecule has 0 aliphatic heterocycles. The number of hydrogen-bond acceptors (Lipinski definition) is 8. The minimum atomic E-state index is -3.91. The second kappa shape index (κ2) is 10.8. The van der Waals surface area contributed by atoms with Gasteiger partial charge in [0.25, 0.3) is 15.7 Å². The van der Waals surface area contributed by atoms with E-state index in [2.05, 4.69) is 25.3 Å². The second-order valence-corrected chi connectivity index (χ2v) is 9.32. The molecule has 2 aromatic carbocycles. The van der Waals surface area contributed by atoms with E-state index < -0.39 is 20.9 Å². The zero-order valence-corrected chi connectivity index (χ0v) is 20.2. The Morgan fingerprint density at radius 2 is 1.71 bits per heavy atom. The van der Waals surface area contributed by atoms with Crippen LogP contribution in [0.15, 0.2) is 65.6 Å². The highest BCUT2D eigenvalue weighted by Crippen LogP contribution is 2.17. The summed E-state index contributed by atoms with van der Waals surface area (Å²) in [6, 6.07) is 13.2. The molecular weight excluding hydrogens is 492 g/mol. The Balaban J connectivity index is 1.58. The Bertz CT molecular complexity index is 1400. The summed E-state index contributed by atoms with van der Waals surface area (Å²) in [5, 5.41) is 16.0. The van der Waals surface area contributed by atoms with E-state index in [4.69, 9.17) is 12.2 Å². The minimum Gasteiger partial charge on any atom is -0.332 e. The summed E-state index contributed by atoms with van der Waals surface area (Å²) in [5.74, 6) is -0.572. The first-order chi connectivity index (χ1) is 16.5. The molecule has 0 aliphatic rings. The van der Waals surface area contributed by atoms with Crippen LogP contribution < -0.4 is 15.4 Å². The predicted octanol–water partition coefficient (Wildman–Crippen LogP) is 3.33. The molecule has 35 heavy (non-hydrogen) atoms. The van der Waals surface area contributed by atoms with Gasteiger partial charge in [0, 0.05) is 35.3 Å². The Hall–Kier alpha value is -4.23. The summed E-state index contributed by atoms with van der Waals surface area (Å²) < 4.78 is 27.6. The number of benzene rings is 2. The Morgan fingerprint density at radius 3 is 2.34 bits per heavy atom. The van der Waals surface area contributed by atoms with Gasteiger partial charge in [0.05, 0.1) is 9.82 Å². The Morgan fingerprint density at radius 1 is 1.06 bits per heavy atom. The number of nitrogens with one attached hydrogen (secondary N) is 3. The van der Waals surface area contributed by atoms with Crippen LogP contribution >= 0.6 is 12.2 Å². The summed E-state index contributed by atoms with van der Waals surface area (Å²) in [6.45, 7) is 3.47. The standard InChI is InChI=1S/C22H20N6O5S2/c1-14-12-15(2)24-21(23-14)27-35(32,33)19-9-7-17(8-10-19)25-22(34)26-20(29)11-6-16-4-3-5-18(13-16)28(30)31/h3-13H,1-2H3,(H,23,24,27)(H2,25,26,29,34)/b11-6+. The van der Waals surface area contributed by atoms with Crippen LogP contribution in [-0.2, 0) is 14.8 Å². The molecule has 13 heteroatoms. The van der Waals surface area contributed by atoms with E-state index in [1.54, 1.807) is 26.0 Å². The molecule has 0 saturated heterocycles. The topological polar surface area (TPSA) is 156 Å². The number of anilines is 2. The zero-order valence-electron chi connectivity index (χ0n) is 18.6. The number of nitro benzene ring substituents is 1. The highest BCUT2D eigenvalue weighted by Gasteiger charge is 2.16. The van der Waals surface area contributed by atoms with Gasteiger partial charge in [-0.05, 0) is 68.0 Å². The van der Waals surface area contributed by atoms with Gasteiger partial charge in [-0.15, -0.1) is 0 Å². The van der Waals surface area contributed by atoms with Gasteiger partial charge >= 0.3 is 0 Å². The van der Waals surface area contributed by atoms with E-state index in [9.17, 15) is 23.3 Å². The smallest absolute Gasteiger partial charge is 0.270 e. The number of amides is 1. The van der Waals surface area contributed by atoms with Gasteiger partial charge in [-0.2, -0.15) is 0 Å². The van der Waals surface area contributed by atoms with E-state index in [1.165, 1.54) is 54.6 Å². The molecular formula is C22H20N6O5S2. The largest absolute Gasteiger partial charge is 0.332 e. The summed E-state index contributed by atoms with van der Waals surface area (Å²) in [5.41, 5.74) is 2.09. The van der Waals surface area contributed by atoms with Crippen molar-refractivity contribution in [3.63, 3.8) is 0 Å². The number of nitrogens with zero attached hydrogens (tertiary/aromatic N) is 3. The number of carbonyl (C=O) groups excluding carboxylic acids is 1. The molecule has 0 fully saturated rings. The molecule has 0 spiro atoms. The van der Waals surface area contributed by atoms with Crippen LogP contribution in [0.1, 0.15) is 17.0 Å². The van der Waals surface area contributed by atoms with Gasteiger partial charge in [-0.3, -0.25) is 20.2 Å². The number of non-ortho nitro benzene ring substituents is 1. The van der Waals surface area contributed by atoms with Crippen molar-refractivity contribution >= 4 is 56.7 Å². The Labute approximate surface area is 206 Å². The molecule has 3 aromatic rings. The molecule has 180 valence electrons. The van der Waals surface area contributed by atoms with Gasteiger partial charge in [-0.1, -0.05) is 12.1 Å². The summed E-state index contributed by atoms with van der Waals surface area (Å²) in [4.78, 5) is 30.5. The van der Waals surface area contributed by atoms with E-state index in [-0.39, 0.29) is 21.6 Å². The third kappa shape index (κ3) is 7.38. The minimum absolute atomic E-state index is 0.0133. The lowest BCUT2D eigenvalue weighted by Crippen LogP contribution is -2.32. The number of rotatable bonds is 7. The monoisotopic (exact) mass is 512 g/mol. The molecule has 3 rings (SSSR count). The van der Waals surface area contributed by atoms with Crippen molar-refractivity contribution in [2.75, 3.05) is 10.0 Å². The molecule has 0 unspecified atom stereocenters. The second-order valence-electron chi connectivity index (χ2n) is 7.23. The normalized spacial score (nSPS) is 11.1. The molecule has 0 radical (unpaired) electrons. The predicted molar refractivity (Wildman–Crippen MR) is 135 cm³/mol. The maximum absolute atomic E-state index is 12.6. The number of aryl methyl sites for hydroxylation is 2. The summed E-state index contributed by atoms with van der Waals surface area (Å²) in [7, 11) is -3.91. The van der Waals surface area contributed by atoms with Crippen molar-refractivity contribution in [1.29, 1.82) is 0 Å². The summed E-state index contributed by atoms with van der Waals surface area (Å²) in [6.07, 6.45) is 2.60. The van der Waals surface area contributed by atoms with Crippen molar-refractivity contribution < 1.29 is 18.1 Å². The highest BCUT2D eigenvalue weighted by molar-refractivity contribution is 7.92. The van der Waals surface area contributed by atoms with E-state index in [0.29, 0.717) is 22.6 Å². The van der Waals surface area contributed by atoms with Gasteiger partial charge in [0.1, 0.15) is 0 Å². The molecule has 3 N–H and O–H groups in total. The molecule has 0 atom stereocenters. The van der Waals surface area contributed by atoms with Crippen molar-refractivity contribution in [2.45, 2.75) is 18.7 Å². The maximum atomic E-state index is 12.6. The van der Waals surface area contributed by atoms with Crippen molar-refractivity contribution in [3.05, 3.63) is 87.7 Å². The van der Waals surface area contributed by atoms with E-state index in [0.717, 1.165) is 0 Å². The molecule has 1 aromatic heterocycles. The molecule has 0 saturated carbocycles. The number of nitro groups is 1. The lowest BCUT2D eigenvalue weighted by atomic mass is 10.2. The lowest BCUT2D eigenvalue weighted by molar-refractivity contribution is -0.384. The fraction of sp³-hybridized carbons (Fsp3) is 0.0909. The van der Waals surface area contributed by atoms with Crippen LogP contribution in [0, 0.1) is 24.0 Å². The third-order valence-corrected chi connectivity index (χ3v) is 5.92. The Kier molecular flexibility index (Phi) is 7.83. The molecule has 11 nitrogen and oxygen atoms in total. The fourth-order valence-corrected chi connectivity index (χ4v) is 4.06. The quantitative estimate of drug-likeness (QED) is 0.187. The highest BCUT2D eigenvalue weighted by atomic mass is 32.2. The van der Waals surface area contributed by atoms with Crippen molar-refractivity contribution in [3.8, 4) is 0 Å². The van der Waals surface area contributed by atoms with Crippen LogP contribution in [0.4, 0.5) is 17.3 Å². The number of aromatic nitrogens is 2. The molecule has 1 heterocycles. The number of sulfonamides is 1. The first-order valence-electron chi connectivity index (χ1n) is 10.0. The van der Waals surface area contributed by atoms with E-state index >= 15 is 0 Å². The number of hydrogen-bond donors (Lipinski definition) is 3. The number of thiocarbonyl (C=S) groups is 1. The first kappa shape index (κ1) is 25.4. The van der Waals surface area contributed by atoms with Gasteiger partial charge in [-0.25, -0.2) is 23.1 Å². The molecule has 0 aliphatic carbocycles. The third-order valence-electron chi connectivity index (χ3n) is 4.38. The molecule has 0 bridgehead atoms. The van der Waals surface area contributed by atoms with Crippen molar-refractivity contribution in [1.82, 2.24) is 15.3 Å². The summed E-state index contributed by atoms with van der Waals surface area (Å²) >= 11 is 5.10. The SMILES string of the molecule is Cc1cc(C)nc(NS(=O)(=O)c2ccc(NC(=S)NC(=O)/C=C/c3cccc([N+](=O)[O-])c3)cc2)n1. The first-order valence-corrected chi connectivity index (χ1v) is 11.9. The van der Waals surface area contributed by atoms with Crippen LogP contribution in [0.5, 0.6) is 0 Å². The van der Waals surface area contributed by atoms with Gasteiger partial charge < -0.3 is 5.32 Å². The number of carbonyl (C=O) groups is 1. The van der Waals surface area contributed by atoms with Crippen molar-refractivity contribution in [2.24, 2.45) is 0 Å². The van der Waals surface area contributed by atoms with Crippen LogP contribution in [0.3, 0.4) is 0 Å². The maximum Gasteiger partial charge on any atom is 0.270 e. The average Bonchev–Trinajstić information content (AvgIpc) is 2.77. The van der Waals surface area contributed by atoms with Crippen LogP contribution in [0.2, 0.25) is 0 Å². The lowest BCUT2D eigenvalue weighted by Gasteiger charge is -2.10. The van der Waals surface area contributed by atoms with Crippen LogP contribution in [0.25, 0.3) is 6.08 Å². The van der Waals surface area contributed by atoms with Crippen LogP contribution in [-0.4, -0.2) is 34.3 Å². The van der Waals surface area contributed by atoms with Gasteiger partial charge in [0.15, 0.2) is 5.11 Å². The zero-order chi connectivity index (χ0) is 25.6. The fourth-order valence-electron chi connectivity index (χ4n) is 2.90. The average molecular weight is 513 g/mol.